The Bertz CT molecular complexity index is 997. The second-order valence-corrected chi connectivity index (χ2v) is 5.88. The molecule has 0 unspecified atom stereocenters. The number of carbonyl (C=O) groups excluding carboxylic acids is 1. The first-order chi connectivity index (χ1) is 13.3. The molecule has 0 fully saturated rings. The van der Waals surface area contributed by atoms with Crippen LogP contribution in [0.5, 0.6) is 0 Å². The molecule has 1 atom stereocenters. The zero-order valence-corrected chi connectivity index (χ0v) is 14.4. The van der Waals surface area contributed by atoms with E-state index in [9.17, 15) is 4.79 Å². The first-order valence-electron chi connectivity index (χ1n) is 8.47. The molecule has 134 valence electrons. The Balaban J connectivity index is 1.54. The summed E-state index contributed by atoms with van der Waals surface area (Å²) in [5.74, 6) is -0.307. The van der Waals surface area contributed by atoms with Crippen molar-refractivity contribution in [1.82, 2.24) is 35.3 Å². The summed E-state index contributed by atoms with van der Waals surface area (Å²) in [6.07, 6.45) is 4.67. The van der Waals surface area contributed by atoms with E-state index in [0.29, 0.717) is 6.54 Å². The van der Waals surface area contributed by atoms with Crippen molar-refractivity contribution < 1.29 is 4.79 Å². The van der Waals surface area contributed by atoms with E-state index < -0.39 is 0 Å². The quantitative estimate of drug-likeness (QED) is 0.569. The van der Waals surface area contributed by atoms with Crippen LogP contribution < -0.4 is 5.32 Å². The van der Waals surface area contributed by atoms with Gasteiger partial charge in [-0.1, -0.05) is 48.5 Å². The number of hydrogen-bond donors (Lipinski definition) is 1. The molecule has 4 rings (SSSR count). The Morgan fingerprint density at radius 1 is 0.926 bits per heavy atom. The predicted octanol–water partition coefficient (Wildman–Crippen LogP) is 2.03. The van der Waals surface area contributed by atoms with E-state index in [4.69, 9.17) is 0 Å². The van der Waals surface area contributed by atoms with Gasteiger partial charge >= 0.3 is 0 Å². The third-order valence-corrected chi connectivity index (χ3v) is 4.03. The smallest absolute Gasteiger partial charge is 0.274 e. The van der Waals surface area contributed by atoms with Crippen LogP contribution in [0.4, 0.5) is 0 Å². The lowest BCUT2D eigenvalue weighted by molar-refractivity contribution is 0.0925. The molecule has 2 aromatic heterocycles. The number of para-hydroxylation sites is 1. The molecule has 0 aliphatic carbocycles. The third kappa shape index (κ3) is 3.90. The molecular weight excluding hydrogens is 342 g/mol. The first kappa shape index (κ1) is 16.6. The average Bonchev–Trinajstić information content (AvgIpc) is 3.41. The predicted molar refractivity (Wildman–Crippen MR) is 98.0 cm³/mol. The molecule has 0 spiro atoms. The summed E-state index contributed by atoms with van der Waals surface area (Å²) in [5, 5.41) is 19.7. The lowest BCUT2D eigenvalue weighted by Crippen LogP contribution is -2.32. The molecule has 2 heterocycles. The van der Waals surface area contributed by atoms with Crippen LogP contribution in [-0.4, -0.2) is 35.9 Å². The maximum Gasteiger partial charge on any atom is 0.274 e. The summed E-state index contributed by atoms with van der Waals surface area (Å²) in [7, 11) is 0. The van der Waals surface area contributed by atoms with Gasteiger partial charge in [-0.2, -0.15) is 24.9 Å². The topological polar surface area (TPSA) is 90.5 Å². The Morgan fingerprint density at radius 2 is 1.59 bits per heavy atom. The van der Waals surface area contributed by atoms with Crippen molar-refractivity contribution in [3.05, 3.63) is 90.5 Å². The summed E-state index contributed by atoms with van der Waals surface area (Å²) in [5.41, 5.74) is 1.99. The van der Waals surface area contributed by atoms with Gasteiger partial charge in [0.05, 0.1) is 36.9 Å². The average molecular weight is 359 g/mol. The highest BCUT2D eigenvalue weighted by Gasteiger charge is 2.19. The number of amides is 1. The van der Waals surface area contributed by atoms with Gasteiger partial charge in [-0.25, -0.2) is 0 Å². The van der Waals surface area contributed by atoms with Gasteiger partial charge in [0, 0.05) is 0 Å². The van der Waals surface area contributed by atoms with E-state index in [1.54, 1.807) is 17.2 Å². The van der Waals surface area contributed by atoms with Crippen LogP contribution in [0.3, 0.4) is 0 Å². The molecule has 0 aliphatic rings. The zero-order chi connectivity index (χ0) is 18.5. The SMILES string of the molecule is O=C(N[C@H](Cn1nccn1)c1ccccc1)c1cnn(-c2ccccc2)n1. The van der Waals surface area contributed by atoms with Gasteiger partial charge in [0.15, 0.2) is 5.69 Å². The molecule has 0 aliphatic heterocycles. The second kappa shape index (κ2) is 7.61. The molecule has 2 aromatic carbocycles. The summed E-state index contributed by atoms with van der Waals surface area (Å²) in [6, 6.07) is 18.8. The monoisotopic (exact) mass is 359 g/mol. The van der Waals surface area contributed by atoms with Gasteiger partial charge < -0.3 is 5.32 Å². The van der Waals surface area contributed by atoms with Crippen LogP contribution in [0.15, 0.2) is 79.3 Å². The number of carbonyl (C=O) groups is 1. The van der Waals surface area contributed by atoms with E-state index in [-0.39, 0.29) is 17.6 Å². The van der Waals surface area contributed by atoms with Crippen LogP contribution in [-0.2, 0) is 6.54 Å². The number of aromatic nitrogens is 6. The molecule has 0 bridgehead atoms. The van der Waals surface area contributed by atoms with Crippen molar-refractivity contribution in [3.8, 4) is 5.69 Å². The van der Waals surface area contributed by atoms with E-state index >= 15 is 0 Å². The molecular formula is C19H17N7O. The fourth-order valence-corrected chi connectivity index (χ4v) is 2.71. The van der Waals surface area contributed by atoms with Crippen LogP contribution in [0.25, 0.3) is 5.69 Å². The molecule has 0 radical (unpaired) electrons. The second-order valence-electron chi connectivity index (χ2n) is 5.88. The maximum absolute atomic E-state index is 12.7. The molecule has 0 saturated heterocycles. The van der Waals surface area contributed by atoms with Crippen molar-refractivity contribution in [2.75, 3.05) is 0 Å². The summed E-state index contributed by atoms with van der Waals surface area (Å²) >= 11 is 0. The fourth-order valence-electron chi connectivity index (χ4n) is 2.71. The molecule has 27 heavy (non-hydrogen) atoms. The Hall–Kier alpha value is -3.81. The van der Waals surface area contributed by atoms with Gasteiger partial charge in [0.1, 0.15) is 0 Å². The minimum atomic E-state index is -0.307. The van der Waals surface area contributed by atoms with Gasteiger partial charge in [-0.15, -0.1) is 5.10 Å². The maximum atomic E-state index is 12.7. The molecule has 1 N–H and O–H groups in total. The van der Waals surface area contributed by atoms with Crippen LogP contribution in [0.2, 0.25) is 0 Å². The highest BCUT2D eigenvalue weighted by atomic mass is 16.2. The van der Waals surface area contributed by atoms with Crippen molar-refractivity contribution >= 4 is 5.91 Å². The van der Waals surface area contributed by atoms with Crippen molar-refractivity contribution in [2.24, 2.45) is 0 Å². The van der Waals surface area contributed by atoms with Crippen LogP contribution in [0.1, 0.15) is 22.1 Å². The summed E-state index contributed by atoms with van der Waals surface area (Å²) in [4.78, 5) is 15.7. The van der Waals surface area contributed by atoms with Crippen molar-refractivity contribution in [3.63, 3.8) is 0 Å². The molecule has 8 nitrogen and oxygen atoms in total. The number of nitrogens with one attached hydrogen (secondary N) is 1. The number of benzene rings is 2. The normalized spacial score (nSPS) is 11.9. The molecule has 4 aromatic rings. The van der Waals surface area contributed by atoms with Crippen molar-refractivity contribution in [1.29, 1.82) is 0 Å². The van der Waals surface area contributed by atoms with E-state index in [2.05, 4.69) is 25.7 Å². The number of rotatable bonds is 6. The van der Waals surface area contributed by atoms with Gasteiger partial charge in [0.2, 0.25) is 0 Å². The molecule has 1 amide bonds. The standard InChI is InChI=1S/C19H17N7O/c27-19(17-13-22-26(24-17)16-9-5-2-6-10-16)23-18(14-25-20-11-12-21-25)15-7-3-1-4-8-15/h1-13,18H,14H2,(H,23,27)/t18-/m1/s1. The van der Waals surface area contributed by atoms with Gasteiger partial charge in [-0.05, 0) is 17.7 Å². The minimum absolute atomic E-state index is 0.244. The number of hydrogen-bond acceptors (Lipinski definition) is 5. The highest BCUT2D eigenvalue weighted by molar-refractivity contribution is 5.92. The lowest BCUT2D eigenvalue weighted by Gasteiger charge is -2.18. The lowest BCUT2D eigenvalue weighted by atomic mass is 10.1. The van der Waals surface area contributed by atoms with Gasteiger partial charge in [-0.3, -0.25) is 4.79 Å². The fraction of sp³-hybridized carbons (Fsp3) is 0.105. The minimum Gasteiger partial charge on any atom is -0.342 e. The van der Waals surface area contributed by atoms with E-state index in [1.165, 1.54) is 11.0 Å². The summed E-state index contributed by atoms with van der Waals surface area (Å²) < 4.78 is 0. The van der Waals surface area contributed by atoms with Crippen LogP contribution >= 0.6 is 0 Å². The van der Waals surface area contributed by atoms with E-state index in [1.807, 2.05) is 60.7 Å². The summed E-state index contributed by atoms with van der Waals surface area (Å²) in [6.45, 7) is 0.412. The third-order valence-electron chi connectivity index (χ3n) is 4.03. The van der Waals surface area contributed by atoms with Crippen molar-refractivity contribution in [2.45, 2.75) is 12.6 Å². The van der Waals surface area contributed by atoms with Gasteiger partial charge in [0.25, 0.3) is 5.91 Å². The first-order valence-corrected chi connectivity index (χ1v) is 8.47. The Labute approximate surface area is 155 Å². The van der Waals surface area contributed by atoms with E-state index in [0.717, 1.165) is 11.3 Å². The highest BCUT2D eigenvalue weighted by Crippen LogP contribution is 2.15. The Kier molecular flexibility index (Phi) is 4.69. The zero-order valence-electron chi connectivity index (χ0n) is 14.4. The van der Waals surface area contributed by atoms with Crippen LogP contribution in [0, 0.1) is 0 Å². The molecule has 0 saturated carbocycles. The largest absolute Gasteiger partial charge is 0.342 e. The number of nitrogens with zero attached hydrogens (tertiary/aromatic N) is 6. The Morgan fingerprint density at radius 3 is 2.30 bits per heavy atom. The molecule has 8 heteroatoms.